The summed E-state index contributed by atoms with van der Waals surface area (Å²) >= 11 is 6.02. The van der Waals surface area contributed by atoms with Crippen molar-refractivity contribution in [2.75, 3.05) is 12.4 Å². The first-order valence-corrected chi connectivity index (χ1v) is 7.26. The molecule has 5 nitrogen and oxygen atoms in total. The molecule has 110 valence electrons. The van der Waals surface area contributed by atoms with Gasteiger partial charge in [0.05, 0.1) is 7.11 Å². The van der Waals surface area contributed by atoms with Crippen molar-refractivity contribution in [3.8, 4) is 0 Å². The topological polar surface area (TPSA) is 64.1 Å². The summed E-state index contributed by atoms with van der Waals surface area (Å²) < 4.78 is 4.83. The fourth-order valence-corrected chi connectivity index (χ4v) is 2.23. The van der Waals surface area contributed by atoms with Crippen molar-refractivity contribution in [2.24, 2.45) is 5.92 Å². The van der Waals surface area contributed by atoms with Crippen LogP contribution in [-0.4, -0.2) is 29.1 Å². The second-order valence-corrected chi connectivity index (χ2v) is 5.95. The number of rotatable bonds is 6. The summed E-state index contributed by atoms with van der Waals surface area (Å²) in [5.41, 5.74) is 0. The Morgan fingerprint density at radius 3 is 2.75 bits per heavy atom. The van der Waals surface area contributed by atoms with Gasteiger partial charge in [-0.3, -0.25) is 0 Å². The van der Waals surface area contributed by atoms with E-state index < -0.39 is 6.04 Å². The highest BCUT2D eigenvalue weighted by molar-refractivity contribution is 6.29. The summed E-state index contributed by atoms with van der Waals surface area (Å²) in [5.74, 6) is 1.83. The Morgan fingerprint density at radius 1 is 1.50 bits per heavy atom. The molecule has 0 bridgehead atoms. The number of esters is 1. The fraction of sp³-hybridized carbons (Fsp3) is 0.643. The number of carbonyl (C=O) groups excluding carboxylic acids is 1. The third kappa shape index (κ3) is 4.07. The molecule has 0 aliphatic heterocycles. The summed E-state index contributed by atoms with van der Waals surface area (Å²) in [5, 5.41) is 3.52. The number of nitrogens with zero attached hydrogens (tertiary/aromatic N) is 2. The molecule has 1 fully saturated rings. The maximum absolute atomic E-state index is 11.8. The van der Waals surface area contributed by atoms with E-state index in [9.17, 15) is 4.79 Å². The lowest BCUT2D eigenvalue weighted by molar-refractivity contribution is -0.141. The molecule has 0 spiro atoms. The van der Waals surface area contributed by atoms with Gasteiger partial charge in [0.1, 0.15) is 22.8 Å². The third-order valence-corrected chi connectivity index (χ3v) is 3.36. The molecule has 0 aromatic carbocycles. The normalized spacial score (nSPS) is 16.1. The fourth-order valence-electron chi connectivity index (χ4n) is 2.04. The first-order chi connectivity index (χ1) is 9.49. The molecule has 0 saturated heterocycles. The molecule has 1 saturated carbocycles. The van der Waals surface area contributed by atoms with E-state index in [0.29, 0.717) is 29.2 Å². The summed E-state index contributed by atoms with van der Waals surface area (Å²) in [4.78, 5) is 20.5. The molecule has 1 atom stereocenters. The van der Waals surface area contributed by atoms with Gasteiger partial charge in [-0.1, -0.05) is 25.4 Å². The first-order valence-electron chi connectivity index (χ1n) is 6.88. The Balaban J connectivity index is 2.14. The Morgan fingerprint density at radius 2 is 2.20 bits per heavy atom. The largest absolute Gasteiger partial charge is 0.467 e. The van der Waals surface area contributed by atoms with Crippen LogP contribution in [-0.2, 0) is 9.53 Å². The SMILES string of the molecule is COC(=O)C(CC(C)C)Nc1cc(Cl)nc(C2CC2)n1. The number of ether oxygens (including phenoxy) is 1. The van der Waals surface area contributed by atoms with Crippen LogP contribution in [0.2, 0.25) is 5.15 Å². The van der Waals surface area contributed by atoms with Gasteiger partial charge in [-0.15, -0.1) is 0 Å². The monoisotopic (exact) mass is 297 g/mol. The van der Waals surface area contributed by atoms with Crippen LogP contribution in [0.1, 0.15) is 44.9 Å². The zero-order valence-electron chi connectivity index (χ0n) is 12.0. The summed E-state index contributed by atoms with van der Waals surface area (Å²) in [7, 11) is 1.39. The number of nitrogens with one attached hydrogen (secondary N) is 1. The molecule has 1 aromatic heterocycles. The van der Waals surface area contributed by atoms with E-state index in [4.69, 9.17) is 16.3 Å². The zero-order chi connectivity index (χ0) is 14.7. The van der Waals surface area contributed by atoms with Crippen LogP contribution in [0.5, 0.6) is 0 Å². The Kier molecular flexibility index (Phi) is 4.81. The Bertz CT molecular complexity index is 489. The molecule has 0 amide bonds. The molecule has 20 heavy (non-hydrogen) atoms. The molecule has 2 rings (SSSR count). The number of carbonyl (C=O) groups is 1. The molecule has 1 aliphatic rings. The van der Waals surface area contributed by atoms with Gasteiger partial charge in [-0.2, -0.15) is 0 Å². The van der Waals surface area contributed by atoms with E-state index in [2.05, 4.69) is 29.1 Å². The Labute approximate surface area is 124 Å². The van der Waals surface area contributed by atoms with Crippen LogP contribution in [0.15, 0.2) is 6.07 Å². The summed E-state index contributed by atoms with van der Waals surface area (Å²) in [6.07, 6.45) is 2.88. The second kappa shape index (κ2) is 6.39. The minimum Gasteiger partial charge on any atom is -0.467 e. The zero-order valence-corrected chi connectivity index (χ0v) is 12.8. The molecular formula is C14H20ClN3O2. The average molecular weight is 298 g/mol. The van der Waals surface area contributed by atoms with Gasteiger partial charge >= 0.3 is 5.97 Å². The lowest BCUT2D eigenvalue weighted by Crippen LogP contribution is -2.32. The van der Waals surface area contributed by atoms with E-state index in [1.807, 2.05) is 0 Å². The minimum absolute atomic E-state index is 0.290. The van der Waals surface area contributed by atoms with Crippen LogP contribution < -0.4 is 5.32 Å². The Hall–Kier alpha value is -1.36. The van der Waals surface area contributed by atoms with E-state index >= 15 is 0 Å². The van der Waals surface area contributed by atoms with Gasteiger partial charge in [0, 0.05) is 12.0 Å². The standard InChI is InChI=1S/C14H20ClN3O2/c1-8(2)6-10(14(19)20-3)16-12-7-11(15)17-13(18-12)9-4-5-9/h7-10H,4-6H2,1-3H3,(H,16,17,18). The lowest BCUT2D eigenvalue weighted by Gasteiger charge is -2.19. The van der Waals surface area contributed by atoms with Gasteiger partial charge in [-0.05, 0) is 25.2 Å². The molecule has 1 unspecified atom stereocenters. The molecule has 6 heteroatoms. The van der Waals surface area contributed by atoms with Gasteiger partial charge in [0.15, 0.2) is 0 Å². The number of anilines is 1. The first kappa shape index (κ1) is 15.0. The molecule has 0 radical (unpaired) electrons. The number of aromatic nitrogens is 2. The van der Waals surface area contributed by atoms with Gasteiger partial charge in [-0.25, -0.2) is 14.8 Å². The van der Waals surface area contributed by atoms with Crippen LogP contribution in [0.3, 0.4) is 0 Å². The number of methoxy groups -OCH3 is 1. The molecule has 1 heterocycles. The van der Waals surface area contributed by atoms with E-state index in [-0.39, 0.29) is 5.97 Å². The van der Waals surface area contributed by atoms with Crippen LogP contribution in [0, 0.1) is 5.92 Å². The van der Waals surface area contributed by atoms with Crippen molar-refractivity contribution < 1.29 is 9.53 Å². The van der Waals surface area contributed by atoms with Crippen LogP contribution >= 0.6 is 11.6 Å². The highest BCUT2D eigenvalue weighted by Crippen LogP contribution is 2.38. The smallest absolute Gasteiger partial charge is 0.328 e. The van der Waals surface area contributed by atoms with Crippen molar-refractivity contribution >= 4 is 23.4 Å². The van der Waals surface area contributed by atoms with E-state index in [1.54, 1.807) is 6.07 Å². The third-order valence-electron chi connectivity index (χ3n) is 3.17. The van der Waals surface area contributed by atoms with Crippen LogP contribution in [0.25, 0.3) is 0 Å². The maximum atomic E-state index is 11.8. The van der Waals surface area contributed by atoms with Gasteiger partial charge in [0.2, 0.25) is 0 Å². The van der Waals surface area contributed by atoms with Crippen molar-refractivity contribution in [3.63, 3.8) is 0 Å². The maximum Gasteiger partial charge on any atom is 0.328 e. The highest BCUT2D eigenvalue weighted by atomic mass is 35.5. The summed E-state index contributed by atoms with van der Waals surface area (Å²) in [6, 6.07) is 1.22. The predicted molar refractivity (Wildman–Crippen MR) is 77.9 cm³/mol. The molecule has 1 N–H and O–H groups in total. The highest BCUT2D eigenvalue weighted by Gasteiger charge is 2.28. The quantitative estimate of drug-likeness (QED) is 0.646. The number of halogens is 1. The summed E-state index contributed by atoms with van der Waals surface area (Å²) in [6.45, 7) is 4.11. The van der Waals surface area contributed by atoms with Gasteiger partial charge < -0.3 is 10.1 Å². The van der Waals surface area contributed by atoms with Crippen molar-refractivity contribution in [1.82, 2.24) is 9.97 Å². The van der Waals surface area contributed by atoms with Gasteiger partial charge in [0.25, 0.3) is 0 Å². The van der Waals surface area contributed by atoms with E-state index in [0.717, 1.165) is 18.7 Å². The molecule has 1 aromatic rings. The number of hydrogen-bond acceptors (Lipinski definition) is 5. The lowest BCUT2D eigenvalue weighted by atomic mass is 10.0. The average Bonchev–Trinajstić information content (AvgIpc) is 3.20. The van der Waals surface area contributed by atoms with E-state index in [1.165, 1.54) is 7.11 Å². The second-order valence-electron chi connectivity index (χ2n) is 5.56. The van der Waals surface area contributed by atoms with Crippen LogP contribution in [0.4, 0.5) is 5.82 Å². The number of hydrogen-bond donors (Lipinski definition) is 1. The molecular weight excluding hydrogens is 278 g/mol. The van der Waals surface area contributed by atoms with Crippen molar-refractivity contribution in [1.29, 1.82) is 0 Å². The minimum atomic E-state index is -0.419. The van der Waals surface area contributed by atoms with Crippen molar-refractivity contribution in [3.05, 3.63) is 17.0 Å². The predicted octanol–water partition coefficient (Wildman–Crippen LogP) is 3.01. The molecule has 1 aliphatic carbocycles. The van der Waals surface area contributed by atoms with Crippen molar-refractivity contribution in [2.45, 2.75) is 45.1 Å².